The Morgan fingerprint density at radius 3 is 2.80 bits per heavy atom. The van der Waals surface area contributed by atoms with Crippen LogP contribution < -0.4 is 0 Å². The molecule has 1 N–H and O–H groups in total. The molecule has 15 heavy (non-hydrogen) atoms. The molecule has 3 heteroatoms. The first-order valence-corrected chi connectivity index (χ1v) is 5.98. The van der Waals surface area contributed by atoms with Gasteiger partial charge in [-0.25, -0.2) is 0 Å². The Balaban J connectivity index is 2.48. The number of ether oxygens (including phenoxy) is 1. The van der Waals surface area contributed by atoms with Crippen molar-refractivity contribution in [1.29, 1.82) is 0 Å². The Bertz CT molecular complexity index is 192. The summed E-state index contributed by atoms with van der Waals surface area (Å²) in [6, 6.07) is 0. The molecule has 0 saturated carbocycles. The summed E-state index contributed by atoms with van der Waals surface area (Å²) in [5.74, 6) is 0.289. The third kappa shape index (κ3) is 4.09. The molecule has 1 rings (SSSR count). The standard InChI is InChI=1S/C12H25NO2/c1-10(2)12(4,14)9-13-6-5-7-15-11(3)8-13/h10-11,14H,5-9H2,1-4H3. The first-order valence-electron chi connectivity index (χ1n) is 5.98. The molecule has 0 aromatic heterocycles. The fourth-order valence-corrected chi connectivity index (χ4v) is 1.86. The average Bonchev–Trinajstić information content (AvgIpc) is 2.28. The van der Waals surface area contributed by atoms with E-state index in [4.69, 9.17) is 4.74 Å². The maximum atomic E-state index is 10.2. The van der Waals surface area contributed by atoms with Gasteiger partial charge in [0.1, 0.15) is 0 Å². The number of nitrogens with zero attached hydrogens (tertiary/aromatic N) is 1. The van der Waals surface area contributed by atoms with Gasteiger partial charge in [0, 0.05) is 26.2 Å². The van der Waals surface area contributed by atoms with Crippen LogP contribution in [0, 0.1) is 5.92 Å². The Morgan fingerprint density at radius 2 is 2.20 bits per heavy atom. The van der Waals surface area contributed by atoms with Gasteiger partial charge in [0.15, 0.2) is 0 Å². The first kappa shape index (κ1) is 12.9. The fraction of sp³-hybridized carbons (Fsp3) is 1.00. The second-order valence-electron chi connectivity index (χ2n) is 5.28. The minimum Gasteiger partial charge on any atom is -0.389 e. The van der Waals surface area contributed by atoms with Gasteiger partial charge in [0.2, 0.25) is 0 Å². The predicted molar refractivity (Wildman–Crippen MR) is 61.9 cm³/mol. The summed E-state index contributed by atoms with van der Waals surface area (Å²) in [5, 5.41) is 10.2. The molecule has 0 bridgehead atoms. The zero-order valence-corrected chi connectivity index (χ0v) is 10.5. The van der Waals surface area contributed by atoms with E-state index in [1.807, 2.05) is 6.92 Å². The summed E-state index contributed by atoms with van der Waals surface area (Å²) < 4.78 is 5.58. The van der Waals surface area contributed by atoms with E-state index in [1.54, 1.807) is 0 Å². The molecule has 1 aliphatic heterocycles. The van der Waals surface area contributed by atoms with Gasteiger partial charge >= 0.3 is 0 Å². The van der Waals surface area contributed by atoms with Crippen molar-refractivity contribution in [3.63, 3.8) is 0 Å². The van der Waals surface area contributed by atoms with Crippen LogP contribution in [0.25, 0.3) is 0 Å². The molecule has 1 heterocycles. The van der Waals surface area contributed by atoms with Crippen molar-refractivity contribution in [2.45, 2.75) is 45.8 Å². The highest BCUT2D eigenvalue weighted by atomic mass is 16.5. The highest BCUT2D eigenvalue weighted by Gasteiger charge is 2.28. The van der Waals surface area contributed by atoms with Crippen LogP contribution >= 0.6 is 0 Å². The molecular weight excluding hydrogens is 190 g/mol. The third-order valence-corrected chi connectivity index (χ3v) is 3.32. The first-order chi connectivity index (χ1) is 6.92. The lowest BCUT2D eigenvalue weighted by Crippen LogP contribution is -2.46. The van der Waals surface area contributed by atoms with Crippen molar-refractivity contribution in [3.05, 3.63) is 0 Å². The normalized spacial score (nSPS) is 28.8. The molecule has 1 saturated heterocycles. The van der Waals surface area contributed by atoms with Crippen LogP contribution in [-0.2, 0) is 4.74 Å². The maximum Gasteiger partial charge on any atom is 0.0768 e. The molecule has 0 amide bonds. The van der Waals surface area contributed by atoms with E-state index in [0.29, 0.717) is 0 Å². The number of hydrogen-bond acceptors (Lipinski definition) is 3. The van der Waals surface area contributed by atoms with Gasteiger partial charge in [-0.1, -0.05) is 13.8 Å². The Kier molecular flexibility index (Phi) is 4.56. The highest BCUT2D eigenvalue weighted by Crippen LogP contribution is 2.19. The summed E-state index contributed by atoms with van der Waals surface area (Å²) in [5.41, 5.74) is -0.593. The summed E-state index contributed by atoms with van der Waals surface area (Å²) in [6.45, 7) is 11.7. The average molecular weight is 215 g/mol. The Hall–Kier alpha value is -0.120. The van der Waals surface area contributed by atoms with E-state index in [-0.39, 0.29) is 12.0 Å². The van der Waals surface area contributed by atoms with E-state index >= 15 is 0 Å². The third-order valence-electron chi connectivity index (χ3n) is 3.32. The minimum atomic E-state index is -0.593. The van der Waals surface area contributed by atoms with Crippen molar-refractivity contribution in [1.82, 2.24) is 4.90 Å². The largest absolute Gasteiger partial charge is 0.389 e. The molecule has 90 valence electrons. The molecule has 0 spiro atoms. The van der Waals surface area contributed by atoms with E-state index in [9.17, 15) is 5.11 Å². The summed E-state index contributed by atoms with van der Waals surface area (Å²) in [7, 11) is 0. The van der Waals surface area contributed by atoms with Gasteiger partial charge in [-0.3, -0.25) is 4.90 Å². The molecule has 0 aromatic carbocycles. The molecule has 0 aromatic rings. The zero-order chi connectivity index (χ0) is 11.5. The van der Waals surface area contributed by atoms with Gasteiger partial charge in [-0.2, -0.15) is 0 Å². The van der Waals surface area contributed by atoms with Crippen molar-refractivity contribution in [3.8, 4) is 0 Å². The molecule has 0 aliphatic carbocycles. The highest BCUT2D eigenvalue weighted by molar-refractivity contribution is 4.82. The van der Waals surface area contributed by atoms with Crippen LogP contribution in [0.15, 0.2) is 0 Å². The lowest BCUT2D eigenvalue weighted by molar-refractivity contribution is -0.0237. The molecule has 1 aliphatic rings. The Labute approximate surface area is 93.4 Å². The molecule has 0 radical (unpaired) electrons. The van der Waals surface area contributed by atoms with Gasteiger partial charge in [0.25, 0.3) is 0 Å². The monoisotopic (exact) mass is 215 g/mol. The van der Waals surface area contributed by atoms with Gasteiger partial charge in [-0.05, 0) is 26.2 Å². The molecule has 2 atom stereocenters. The van der Waals surface area contributed by atoms with Crippen molar-refractivity contribution in [2.24, 2.45) is 5.92 Å². The van der Waals surface area contributed by atoms with Crippen LogP contribution in [0.1, 0.15) is 34.1 Å². The van der Waals surface area contributed by atoms with Crippen molar-refractivity contribution in [2.75, 3.05) is 26.2 Å². The topological polar surface area (TPSA) is 32.7 Å². The van der Waals surface area contributed by atoms with Crippen LogP contribution in [0.3, 0.4) is 0 Å². The second-order valence-corrected chi connectivity index (χ2v) is 5.28. The molecule has 3 nitrogen and oxygen atoms in total. The Morgan fingerprint density at radius 1 is 1.53 bits per heavy atom. The molecule has 2 unspecified atom stereocenters. The van der Waals surface area contributed by atoms with E-state index in [0.717, 1.165) is 32.7 Å². The van der Waals surface area contributed by atoms with Gasteiger partial charge < -0.3 is 9.84 Å². The molecule has 1 fully saturated rings. The number of aliphatic hydroxyl groups is 1. The van der Waals surface area contributed by atoms with Crippen LogP contribution in [0.4, 0.5) is 0 Å². The smallest absolute Gasteiger partial charge is 0.0768 e. The van der Waals surface area contributed by atoms with Crippen LogP contribution in [0.2, 0.25) is 0 Å². The quantitative estimate of drug-likeness (QED) is 0.774. The lowest BCUT2D eigenvalue weighted by atomic mass is 9.92. The zero-order valence-electron chi connectivity index (χ0n) is 10.5. The number of hydrogen-bond donors (Lipinski definition) is 1. The van der Waals surface area contributed by atoms with Gasteiger partial charge in [-0.15, -0.1) is 0 Å². The minimum absolute atomic E-state index is 0.287. The van der Waals surface area contributed by atoms with Crippen LogP contribution in [-0.4, -0.2) is 48.0 Å². The second kappa shape index (κ2) is 5.28. The van der Waals surface area contributed by atoms with Crippen molar-refractivity contribution < 1.29 is 9.84 Å². The molecular formula is C12H25NO2. The van der Waals surface area contributed by atoms with Crippen LogP contribution in [0.5, 0.6) is 0 Å². The number of β-amino-alcohol motifs (C(OH)–C–C–N with tert-alkyl or cyclic N) is 1. The maximum absolute atomic E-state index is 10.2. The number of rotatable bonds is 3. The predicted octanol–water partition coefficient (Wildman–Crippen LogP) is 1.50. The van der Waals surface area contributed by atoms with Gasteiger partial charge in [0.05, 0.1) is 11.7 Å². The summed E-state index contributed by atoms with van der Waals surface area (Å²) >= 11 is 0. The SMILES string of the molecule is CC1CN(CC(C)(O)C(C)C)CCCO1. The van der Waals surface area contributed by atoms with E-state index in [2.05, 4.69) is 25.7 Å². The summed E-state index contributed by atoms with van der Waals surface area (Å²) in [4.78, 5) is 2.32. The van der Waals surface area contributed by atoms with E-state index < -0.39 is 5.60 Å². The fourth-order valence-electron chi connectivity index (χ4n) is 1.86. The summed E-state index contributed by atoms with van der Waals surface area (Å²) in [6.07, 6.45) is 1.36. The lowest BCUT2D eigenvalue weighted by Gasteiger charge is -2.34. The van der Waals surface area contributed by atoms with E-state index in [1.165, 1.54) is 0 Å². The van der Waals surface area contributed by atoms with Crippen molar-refractivity contribution >= 4 is 0 Å².